The number of hydrogen-bond donors (Lipinski definition) is 0. The zero-order valence-corrected chi connectivity index (χ0v) is 18.7. The highest BCUT2D eigenvalue weighted by atomic mass is 16.5. The summed E-state index contributed by atoms with van der Waals surface area (Å²) in [5, 5.41) is 8.52. The highest BCUT2D eigenvalue weighted by Crippen LogP contribution is 2.56. The van der Waals surface area contributed by atoms with Gasteiger partial charge in [0.2, 0.25) is 5.91 Å². The largest absolute Gasteiger partial charge is 0.378 e. The first kappa shape index (κ1) is 21.1. The monoisotopic (exact) mass is 437 g/mol. The highest BCUT2D eigenvalue weighted by molar-refractivity contribution is 5.92. The van der Waals surface area contributed by atoms with E-state index in [4.69, 9.17) is 4.74 Å². The summed E-state index contributed by atoms with van der Waals surface area (Å²) in [6, 6.07) is 8.37. The van der Waals surface area contributed by atoms with Crippen LogP contribution < -0.4 is 0 Å². The van der Waals surface area contributed by atoms with Crippen molar-refractivity contribution in [2.75, 3.05) is 39.4 Å². The Labute approximate surface area is 188 Å². The molecule has 1 aromatic heterocycles. The summed E-state index contributed by atoms with van der Waals surface area (Å²) in [4.78, 5) is 29.4. The zero-order chi connectivity index (χ0) is 22.1. The second-order valence-electron chi connectivity index (χ2n) is 9.39. The molecule has 8 heteroatoms. The molecule has 1 aromatic carbocycles. The first-order valence-electron chi connectivity index (χ1n) is 11.7. The van der Waals surface area contributed by atoms with Gasteiger partial charge in [0.25, 0.3) is 5.91 Å². The van der Waals surface area contributed by atoms with Crippen LogP contribution in [-0.4, -0.2) is 76.0 Å². The Balaban J connectivity index is 1.20. The Morgan fingerprint density at radius 3 is 2.50 bits per heavy atom. The second kappa shape index (κ2) is 8.65. The van der Waals surface area contributed by atoms with Crippen molar-refractivity contribution in [1.29, 1.82) is 0 Å². The predicted molar refractivity (Wildman–Crippen MR) is 118 cm³/mol. The van der Waals surface area contributed by atoms with E-state index in [1.165, 1.54) is 5.56 Å². The van der Waals surface area contributed by atoms with Crippen LogP contribution in [0, 0.1) is 12.3 Å². The van der Waals surface area contributed by atoms with Crippen molar-refractivity contribution in [3.05, 3.63) is 47.3 Å². The lowest BCUT2D eigenvalue weighted by Crippen LogP contribution is -2.51. The van der Waals surface area contributed by atoms with Gasteiger partial charge in [-0.3, -0.25) is 9.59 Å². The maximum Gasteiger partial charge on any atom is 0.276 e. The Morgan fingerprint density at radius 2 is 1.81 bits per heavy atom. The highest BCUT2D eigenvalue weighted by Gasteiger charge is 2.50. The van der Waals surface area contributed by atoms with Gasteiger partial charge < -0.3 is 14.5 Å². The molecule has 0 radical (unpaired) electrons. The SMILES string of the molecule is Cc1ccccc1CC(=O)N1CCC2(CCC2n2cc(C(=O)N3CCOCC3)nn2)CC1. The van der Waals surface area contributed by atoms with Crippen LogP contribution >= 0.6 is 0 Å². The fraction of sp³-hybridized carbons (Fsp3) is 0.583. The number of piperidine rings is 1. The molecule has 2 amide bonds. The minimum Gasteiger partial charge on any atom is -0.378 e. The van der Waals surface area contributed by atoms with Gasteiger partial charge in [0.05, 0.1) is 31.9 Å². The van der Waals surface area contributed by atoms with Crippen LogP contribution in [0.15, 0.2) is 30.5 Å². The molecule has 2 aliphatic heterocycles. The molecule has 1 spiro atoms. The zero-order valence-electron chi connectivity index (χ0n) is 18.7. The Kier molecular flexibility index (Phi) is 5.71. The Bertz CT molecular complexity index is 989. The lowest BCUT2D eigenvalue weighted by Gasteiger charge is -2.53. The van der Waals surface area contributed by atoms with Crippen molar-refractivity contribution in [3.8, 4) is 0 Å². The fourth-order valence-corrected chi connectivity index (χ4v) is 5.42. The first-order valence-corrected chi connectivity index (χ1v) is 11.7. The van der Waals surface area contributed by atoms with Crippen LogP contribution in [0.3, 0.4) is 0 Å². The van der Waals surface area contributed by atoms with E-state index in [-0.39, 0.29) is 23.3 Å². The van der Waals surface area contributed by atoms with E-state index in [1.807, 2.05) is 34.0 Å². The molecule has 1 aliphatic carbocycles. The van der Waals surface area contributed by atoms with Gasteiger partial charge in [-0.1, -0.05) is 29.5 Å². The van der Waals surface area contributed by atoms with E-state index in [0.29, 0.717) is 38.4 Å². The van der Waals surface area contributed by atoms with Crippen LogP contribution in [0.4, 0.5) is 0 Å². The summed E-state index contributed by atoms with van der Waals surface area (Å²) in [6.07, 6.45) is 6.43. The van der Waals surface area contributed by atoms with Crippen LogP contribution in [-0.2, 0) is 16.0 Å². The van der Waals surface area contributed by atoms with Gasteiger partial charge in [0.1, 0.15) is 0 Å². The van der Waals surface area contributed by atoms with Crippen molar-refractivity contribution in [3.63, 3.8) is 0 Å². The van der Waals surface area contributed by atoms with Crippen molar-refractivity contribution >= 4 is 11.8 Å². The second-order valence-corrected chi connectivity index (χ2v) is 9.39. The number of rotatable bonds is 4. The van der Waals surface area contributed by atoms with Crippen LogP contribution in [0.1, 0.15) is 53.3 Å². The number of hydrogen-bond acceptors (Lipinski definition) is 5. The maximum atomic E-state index is 12.9. The maximum absolute atomic E-state index is 12.9. The van der Waals surface area contributed by atoms with Crippen molar-refractivity contribution < 1.29 is 14.3 Å². The summed E-state index contributed by atoms with van der Waals surface area (Å²) in [5.74, 6) is 0.147. The van der Waals surface area contributed by atoms with Gasteiger partial charge in [-0.25, -0.2) is 4.68 Å². The molecular weight excluding hydrogens is 406 g/mol. The van der Waals surface area contributed by atoms with Crippen molar-refractivity contribution in [1.82, 2.24) is 24.8 Å². The molecule has 2 aromatic rings. The first-order chi connectivity index (χ1) is 15.6. The molecule has 0 bridgehead atoms. The Hall–Kier alpha value is -2.74. The van der Waals surface area contributed by atoms with Crippen LogP contribution in [0.5, 0.6) is 0 Å². The third kappa shape index (κ3) is 3.92. The molecule has 3 aliphatic rings. The number of morpholine rings is 1. The van der Waals surface area contributed by atoms with Crippen molar-refractivity contribution in [2.24, 2.45) is 5.41 Å². The number of amides is 2. The summed E-state index contributed by atoms with van der Waals surface area (Å²) in [6.45, 7) is 5.99. The van der Waals surface area contributed by atoms with E-state index < -0.39 is 0 Å². The van der Waals surface area contributed by atoms with Gasteiger partial charge in [-0.05, 0) is 49.1 Å². The smallest absolute Gasteiger partial charge is 0.276 e. The standard InChI is InChI=1S/C24H31N5O3/c1-18-4-2-3-5-19(18)16-22(30)27-10-8-24(9-11-27)7-6-21(24)29-17-20(25-26-29)23(31)28-12-14-32-15-13-28/h2-5,17,21H,6-16H2,1H3. The number of aryl methyl sites for hydroxylation is 1. The number of likely N-dealkylation sites (tertiary alicyclic amines) is 1. The lowest BCUT2D eigenvalue weighted by atomic mass is 9.59. The molecule has 3 heterocycles. The van der Waals surface area contributed by atoms with Gasteiger partial charge in [-0.2, -0.15) is 0 Å². The molecule has 1 unspecified atom stereocenters. The minimum atomic E-state index is -0.0652. The number of aromatic nitrogens is 3. The minimum absolute atomic E-state index is 0.0652. The number of ether oxygens (including phenoxy) is 1. The quantitative estimate of drug-likeness (QED) is 0.733. The molecule has 0 N–H and O–H groups in total. The third-order valence-corrected chi connectivity index (χ3v) is 7.68. The normalized spacial score (nSPS) is 22.6. The van der Waals surface area contributed by atoms with E-state index in [9.17, 15) is 9.59 Å². The summed E-state index contributed by atoms with van der Waals surface area (Å²) >= 11 is 0. The summed E-state index contributed by atoms with van der Waals surface area (Å²) in [5.41, 5.74) is 2.85. The molecule has 3 fully saturated rings. The van der Waals surface area contributed by atoms with E-state index in [0.717, 1.165) is 44.3 Å². The number of carbonyl (C=O) groups excluding carboxylic acids is 2. The number of nitrogens with zero attached hydrogens (tertiary/aromatic N) is 5. The van der Waals surface area contributed by atoms with E-state index in [2.05, 4.69) is 23.3 Å². The number of carbonyl (C=O) groups is 2. The summed E-state index contributed by atoms with van der Waals surface area (Å²) in [7, 11) is 0. The Morgan fingerprint density at radius 1 is 1.06 bits per heavy atom. The average molecular weight is 438 g/mol. The summed E-state index contributed by atoms with van der Waals surface area (Å²) < 4.78 is 7.24. The fourth-order valence-electron chi connectivity index (χ4n) is 5.42. The van der Waals surface area contributed by atoms with Gasteiger partial charge in [0, 0.05) is 26.2 Å². The molecule has 32 heavy (non-hydrogen) atoms. The van der Waals surface area contributed by atoms with Crippen LogP contribution in [0.2, 0.25) is 0 Å². The third-order valence-electron chi connectivity index (χ3n) is 7.68. The van der Waals surface area contributed by atoms with E-state index in [1.54, 1.807) is 4.90 Å². The van der Waals surface area contributed by atoms with Crippen molar-refractivity contribution in [2.45, 2.75) is 45.1 Å². The van der Waals surface area contributed by atoms with E-state index >= 15 is 0 Å². The lowest BCUT2D eigenvalue weighted by molar-refractivity contribution is -0.135. The molecule has 2 saturated heterocycles. The molecule has 8 nitrogen and oxygen atoms in total. The average Bonchev–Trinajstić information content (AvgIpc) is 3.29. The molecule has 1 saturated carbocycles. The molecule has 5 rings (SSSR count). The van der Waals surface area contributed by atoms with Crippen LogP contribution in [0.25, 0.3) is 0 Å². The topological polar surface area (TPSA) is 80.6 Å². The molecule has 1 atom stereocenters. The van der Waals surface area contributed by atoms with Gasteiger partial charge in [-0.15, -0.1) is 5.10 Å². The molecule has 170 valence electrons. The molecular formula is C24H31N5O3. The predicted octanol–water partition coefficient (Wildman–Crippen LogP) is 2.25. The van der Waals surface area contributed by atoms with Gasteiger partial charge in [0.15, 0.2) is 5.69 Å². The van der Waals surface area contributed by atoms with Gasteiger partial charge >= 0.3 is 0 Å². The number of benzene rings is 1.